The van der Waals surface area contributed by atoms with Gasteiger partial charge in [0.15, 0.2) is 5.92 Å². The molecule has 2 atom stereocenters. The highest BCUT2D eigenvalue weighted by molar-refractivity contribution is 6.08. The Labute approximate surface area is 148 Å². The van der Waals surface area contributed by atoms with Crippen LogP contribution in [0.5, 0.6) is 0 Å². The predicted molar refractivity (Wildman–Crippen MR) is 95.0 cm³/mol. The van der Waals surface area contributed by atoms with Crippen LogP contribution in [0, 0.1) is 12.8 Å². The van der Waals surface area contributed by atoms with Crippen molar-refractivity contribution in [1.29, 1.82) is 0 Å². The normalized spacial score (nSPS) is 23.7. The van der Waals surface area contributed by atoms with Crippen LogP contribution >= 0.6 is 0 Å². The van der Waals surface area contributed by atoms with E-state index in [9.17, 15) is 9.59 Å². The zero-order valence-electron chi connectivity index (χ0n) is 14.8. The maximum absolute atomic E-state index is 12.7. The van der Waals surface area contributed by atoms with Gasteiger partial charge in [-0.15, -0.1) is 0 Å². The number of amides is 1. The molecular formula is C19H25N3O3. The average Bonchev–Trinajstić information content (AvgIpc) is 2.62. The molecule has 0 saturated carbocycles. The van der Waals surface area contributed by atoms with Crippen LogP contribution in [0.4, 0.5) is 0 Å². The minimum absolute atomic E-state index is 0.242. The number of carbonyl (C=O) groups is 2. The van der Waals surface area contributed by atoms with Gasteiger partial charge in [-0.05, 0) is 38.7 Å². The van der Waals surface area contributed by atoms with Gasteiger partial charge in [-0.25, -0.2) is 4.99 Å². The number of aryl methyl sites for hydroxylation is 1. The zero-order valence-corrected chi connectivity index (χ0v) is 14.8. The summed E-state index contributed by atoms with van der Waals surface area (Å²) in [5.74, 6) is -1.22. The number of hydrogen-bond acceptors (Lipinski definition) is 5. The monoisotopic (exact) mass is 343 g/mol. The number of nitrogens with one attached hydrogen (secondary N) is 1. The molecule has 1 aromatic rings. The van der Waals surface area contributed by atoms with E-state index in [-0.39, 0.29) is 12.5 Å². The zero-order chi connectivity index (χ0) is 17.8. The molecule has 25 heavy (non-hydrogen) atoms. The molecular weight excluding hydrogens is 318 g/mol. The third-order valence-corrected chi connectivity index (χ3v) is 4.67. The van der Waals surface area contributed by atoms with Gasteiger partial charge in [0, 0.05) is 13.1 Å². The van der Waals surface area contributed by atoms with Crippen LogP contribution in [0.2, 0.25) is 0 Å². The molecule has 2 aliphatic heterocycles. The average molecular weight is 343 g/mol. The number of hydrogen-bond donors (Lipinski definition) is 1. The molecule has 6 heteroatoms. The number of ether oxygens (including phenoxy) is 1. The van der Waals surface area contributed by atoms with Crippen molar-refractivity contribution in [3.05, 3.63) is 35.4 Å². The Morgan fingerprint density at radius 1 is 1.32 bits per heavy atom. The summed E-state index contributed by atoms with van der Waals surface area (Å²) in [7, 11) is 0. The molecule has 1 fully saturated rings. The van der Waals surface area contributed by atoms with Crippen molar-refractivity contribution in [1.82, 2.24) is 10.2 Å². The first-order chi connectivity index (χ1) is 12.1. The predicted octanol–water partition coefficient (Wildman–Crippen LogP) is 2.19. The van der Waals surface area contributed by atoms with Crippen LogP contribution in [0.1, 0.15) is 43.4 Å². The van der Waals surface area contributed by atoms with Gasteiger partial charge in [0.25, 0.3) is 0 Å². The summed E-state index contributed by atoms with van der Waals surface area (Å²) in [6.45, 7) is 5.73. The molecule has 1 amide bonds. The van der Waals surface area contributed by atoms with Crippen molar-refractivity contribution in [2.45, 2.75) is 39.2 Å². The Morgan fingerprint density at radius 2 is 2.08 bits per heavy atom. The number of esters is 1. The van der Waals surface area contributed by atoms with Crippen molar-refractivity contribution in [2.24, 2.45) is 10.9 Å². The first-order valence-corrected chi connectivity index (χ1v) is 8.97. The summed E-state index contributed by atoms with van der Waals surface area (Å²) < 4.78 is 5.13. The van der Waals surface area contributed by atoms with Crippen LogP contribution in [0.3, 0.4) is 0 Å². The van der Waals surface area contributed by atoms with E-state index in [4.69, 9.17) is 9.73 Å². The lowest BCUT2D eigenvalue weighted by Crippen LogP contribution is -2.53. The van der Waals surface area contributed by atoms with E-state index >= 15 is 0 Å². The number of nitrogens with zero attached hydrogens (tertiary/aromatic N) is 2. The fraction of sp³-hybridized carbons (Fsp3) is 0.526. The third-order valence-electron chi connectivity index (χ3n) is 4.67. The second-order valence-electron chi connectivity index (χ2n) is 6.58. The molecule has 0 aliphatic carbocycles. The largest absolute Gasteiger partial charge is 0.465 e. The van der Waals surface area contributed by atoms with E-state index in [1.165, 1.54) is 6.42 Å². The molecule has 1 saturated heterocycles. The molecule has 2 heterocycles. The summed E-state index contributed by atoms with van der Waals surface area (Å²) in [6.07, 6.45) is 3.38. The third kappa shape index (κ3) is 3.83. The molecule has 0 spiro atoms. The van der Waals surface area contributed by atoms with E-state index in [0.717, 1.165) is 37.1 Å². The highest BCUT2D eigenvalue weighted by Crippen LogP contribution is 2.31. The number of benzene rings is 1. The minimum atomic E-state index is -0.949. The van der Waals surface area contributed by atoms with Gasteiger partial charge < -0.3 is 9.64 Å². The summed E-state index contributed by atoms with van der Waals surface area (Å²) in [5.41, 5.74) is 1.93. The molecule has 0 radical (unpaired) electrons. The molecule has 1 aromatic carbocycles. The van der Waals surface area contributed by atoms with Crippen LogP contribution in [-0.4, -0.2) is 42.4 Å². The lowest BCUT2D eigenvalue weighted by molar-refractivity contribution is -0.153. The minimum Gasteiger partial charge on any atom is -0.465 e. The molecule has 3 rings (SSSR count). The first kappa shape index (κ1) is 17.5. The number of aliphatic imine (C=N–C) groups is 1. The van der Waals surface area contributed by atoms with Gasteiger partial charge in [-0.2, -0.15) is 0 Å². The van der Waals surface area contributed by atoms with Crippen molar-refractivity contribution < 1.29 is 14.3 Å². The fourth-order valence-corrected chi connectivity index (χ4v) is 3.43. The second kappa shape index (κ2) is 7.68. The molecule has 0 aromatic heterocycles. The van der Waals surface area contributed by atoms with Gasteiger partial charge in [0.05, 0.1) is 6.61 Å². The van der Waals surface area contributed by atoms with Gasteiger partial charge in [-0.1, -0.05) is 29.8 Å². The van der Waals surface area contributed by atoms with Crippen molar-refractivity contribution in [2.75, 3.05) is 19.7 Å². The van der Waals surface area contributed by atoms with E-state index in [1.807, 2.05) is 31.2 Å². The van der Waals surface area contributed by atoms with E-state index < -0.39 is 17.9 Å². The van der Waals surface area contributed by atoms with Crippen LogP contribution in [-0.2, 0) is 14.3 Å². The number of likely N-dealkylation sites (tertiary alicyclic amines) is 1. The summed E-state index contributed by atoms with van der Waals surface area (Å²) in [4.78, 5) is 32.0. The Morgan fingerprint density at radius 3 is 2.76 bits per heavy atom. The lowest BCUT2D eigenvalue weighted by Gasteiger charge is -2.35. The maximum Gasteiger partial charge on any atom is 0.321 e. The van der Waals surface area contributed by atoms with Crippen LogP contribution in [0.15, 0.2) is 29.3 Å². The second-order valence-corrected chi connectivity index (χ2v) is 6.58. The van der Waals surface area contributed by atoms with Gasteiger partial charge >= 0.3 is 5.97 Å². The van der Waals surface area contributed by atoms with Crippen molar-refractivity contribution >= 4 is 17.8 Å². The topological polar surface area (TPSA) is 71.0 Å². The maximum atomic E-state index is 12.7. The van der Waals surface area contributed by atoms with E-state index in [1.54, 1.807) is 6.92 Å². The quantitative estimate of drug-likeness (QED) is 0.675. The number of piperidine rings is 1. The lowest BCUT2D eigenvalue weighted by atomic mass is 9.90. The molecule has 1 N–H and O–H groups in total. The van der Waals surface area contributed by atoms with E-state index in [0.29, 0.717) is 5.96 Å². The first-order valence-electron chi connectivity index (χ1n) is 8.97. The van der Waals surface area contributed by atoms with Crippen LogP contribution in [0.25, 0.3) is 0 Å². The Balaban J connectivity index is 1.97. The smallest absolute Gasteiger partial charge is 0.321 e. The van der Waals surface area contributed by atoms with E-state index in [2.05, 4.69) is 10.2 Å². The Hall–Kier alpha value is -2.37. The molecule has 134 valence electrons. The molecule has 0 unspecified atom stereocenters. The SMILES string of the molecule is CCOC(=O)[C@@H]1C(=O)NC(N2CCCCC2)=N[C@@H]1c1cccc(C)c1. The van der Waals surface area contributed by atoms with Crippen LogP contribution < -0.4 is 5.32 Å². The fourth-order valence-electron chi connectivity index (χ4n) is 3.43. The van der Waals surface area contributed by atoms with Gasteiger partial charge in [-0.3, -0.25) is 14.9 Å². The molecule has 2 aliphatic rings. The standard InChI is InChI=1S/C19H25N3O3/c1-3-25-18(24)15-16(14-9-7-8-13(2)12-14)20-19(21-17(15)23)22-10-5-4-6-11-22/h7-9,12,15-16H,3-6,10-11H2,1-2H3,(H,20,21,23)/t15-,16+/m0/s1. The number of carbonyl (C=O) groups excluding carboxylic acids is 2. The molecule has 6 nitrogen and oxygen atoms in total. The summed E-state index contributed by atoms with van der Waals surface area (Å²) in [6, 6.07) is 7.26. The van der Waals surface area contributed by atoms with Gasteiger partial charge in [0.1, 0.15) is 6.04 Å². The van der Waals surface area contributed by atoms with Crippen molar-refractivity contribution in [3.63, 3.8) is 0 Å². The summed E-state index contributed by atoms with van der Waals surface area (Å²) >= 11 is 0. The Bertz CT molecular complexity index is 680. The number of guanidine groups is 1. The molecule has 0 bridgehead atoms. The number of rotatable bonds is 3. The van der Waals surface area contributed by atoms with Gasteiger partial charge in [0.2, 0.25) is 11.9 Å². The highest BCUT2D eigenvalue weighted by atomic mass is 16.5. The highest BCUT2D eigenvalue weighted by Gasteiger charge is 2.42. The van der Waals surface area contributed by atoms with Crippen molar-refractivity contribution in [3.8, 4) is 0 Å². The summed E-state index contributed by atoms with van der Waals surface area (Å²) in [5, 5.41) is 2.83. The Kier molecular flexibility index (Phi) is 5.36.